The predicted molar refractivity (Wildman–Crippen MR) is 111 cm³/mol. The standard InChI is InChI=1S/C20H23BrN2O4S/c1-22(14-15-13-16(21)10-11-19(15)27-2)20(24)18-9-6-12-23(18)28(25,26)17-7-4-3-5-8-17/h3-5,7-8,10-11,13,18H,6,9,12,14H2,1-2H3. The Bertz CT molecular complexity index is 950. The summed E-state index contributed by atoms with van der Waals surface area (Å²) < 4.78 is 33.6. The van der Waals surface area contributed by atoms with Gasteiger partial charge in [-0.15, -0.1) is 0 Å². The van der Waals surface area contributed by atoms with Gasteiger partial charge in [-0.3, -0.25) is 4.79 Å². The van der Waals surface area contributed by atoms with Crippen LogP contribution in [0.1, 0.15) is 18.4 Å². The highest BCUT2D eigenvalue weighted by Gasteiger charge is 2.40. The molecule has 6 nitrogen and oxygen atoms in total. The first-order valence-electron chi connectivity index (χ1n) is 8.99. The maximum atomic E-state index is 13.1. The van der Waals surface area contributed by atoms with Gasteiger partial charge in [-0.2, -0.15) is 4.31 Å². The van der Waals surface area contributed by atoms with Gasteiger partial charge in [-0.25, -0.2) is 8.42 Å². The van der Waals surface area contributed by atoms with Crippen LogP contribution in [-0.4, -0.2) is 50.3 Å². The van der Waals surface area contributed by atoms with E-state index < -0.39 is 16.1 Å². The lowest BCUT2D eigenvalue weighted by atomic mass is 10.1. The second kappa shape index (κ2) is 8.63. The molecule has 8 heteroatoms. The van der Waals surface area contributed by atoms with Crippen LogP contribution in [0.15, 0.2) is 57.9 Å². The van der Waals surface area contributed by atoms with Crippen LogP contribution < -0.4 is 4.74 Å². The highest BCUT2D eigenvalue weighted by molar-refractivity contribution is 9.10. The summed E-state index contributed by atoms with van der Waals surface area (Å²) in [5.41, 5.74) is 0.850. The summed E-state index contributed by atoms with van der Waals surface area (Å²) in [4.78, 5) is 14.9. The average molecular weight is 467 g/mol. The molecule has 1 amide bonds. The number of sulfonamides is 1. The third-order valence-electron chi connectivity index (χ3n) is 4.86. The number of rotatable bonds is 6. The van der Waals surface area contributed by atoms with Crippen LogP contribution in [0.4, 0.5) is 0 Å². The smallest absolute Gasteiger partial charge is 0.243 e. The molecule has 1 atom stereocenters. The first-order valence-corrected chi connectivity index (χ1v) is 11.2. The van der Waals surface area contributed by atoms with Crippen molar-refractivity contribution in [3.8, 4) is 5.75 Å². The minimum Gasteiger partial charge on any atom is -0.496 e. The van der Waals surface area contributed by atoms with Gasteiger partial charge in [0, 0.05) is 30.2 Å². The van der Waals surface area contributed by atoms with Gasteiger partial charge in [0.05, 0.1) is 12.0 Å². The van der Waals surface area contributed by atoms with Crippen molar-refractivity contribution in [1.82, 2.24) is 9.21 Å². The lowest BCUT2D eigenvalue weighted by Crippen LogP contribution is -2.46. The number of amides is 1. The number of ether oxygens (including phenoxy) is 1. The van der Waals surface area contributed by atoms with Gasteiger partial charge in [0.2, 0.25) is 15.9 Å². The average Bonchev–Trinajstić information content (AvgIpc) is 3.19. The molecule has 1 fully saturated rings. The summed E-state index contributed by atoms with van der Waals surface area (Å²) >= 11 is 3.43. The van der Waals surface area contributed by atoms with Gasteiger partial charge in [0.15, 0.2) is 0 Å². The molecule has 0 saturated carbocycles. The van der Waals surface area contributed by atoms with Crippen molar-refractivity contribution in [3.05, 3.63) is 58.6 Å². The molecule has 1 saturated heterocycles. The largest absolute Gasteiger partial charge is 0.496 e. The predicted octanol–water partition coefficient (Wildman–Crippen LogP) is 3.27. The van der Waals surface area contributed by atoms with Crippen molar-refractivity contribution < 1.29 is 17.9 Å². The summed E-state index contributed by atoms with van der Waals surface area (Å²) in [6.07, 6.45) is 1.18. The fourth-order valence-corrected chi connectivity index (χ4v) is 5.54. The molecule has 1 unspecified atom stereocenters. The number of nitrogens with zero attached hydrogens (tertiary/aromatic N) is 2. The van der Waals surface area contributed by atoms with Gasteiger partial charge in [0.1, 0.15) is 11.8 Å². The molecular weight excluding hydrogens is 444 g/mol. The number of carbonyl (C=O) groups is 1. The summed E-state index contributed by atoms with van der Waals surface area (Å²) in [6, 6.07) is 13.2. The van der Waals surface area contributed by atoms with Crippen LogP contribution >= 0.6 is 15.9 Å². The van der Waals surface area contributed by atoms with E-state index in [0.717, 1.165) is 10.0 Å². The fourth-order valence-electron chi connectivity index (χ4n) is 3.46. The van der Waals surface area contributed by atoms with Crippen molar-refractivity contribution in [2.24, 2.45) is 0 Å². The zero-order valence-electron chi connectivity index (χ0n) is 15.8. The third kappa shape index (κ3) is 4.24. The molecule has 3 rings (SSSR count). The SMILES string of the molecule is COc1ccc(Br)cc1CN(C)C(=O)C1CCCN1S(=O)(=O)c1ccccc1. The Morgan fingerprint density at radius 2 is 1.96 bits per heavy atom. The second-order valence-electron chi connectivity index (χ2n) is 6.74. The number of hydrogen-bond donors (Lipinski definition) is 0. The first kappa shape index (κ1) is 20.8. The van der Waals surface area contributed by atoms with E-state index in [4.69, 9.17) is 4.74 Å². The Morgan fingerprint density at radius 3 is 2.64 bits per heavy atom. The van der Waals surface area contributed by atoms with E-state index in [1.54, 1.807) is 49.4 Å². The highest BCUT2D eigenvalue weighted by atomic mass is 79.9. The Balaban J connectivity index is 1.80. The summed E-state index contributed by atoms with van der Waals surface area (Å²) in [7, 11) is -0.433. The number of likely N-dealkylation sites (N-methyl/N-ethyl adjacent to an activating group) is 1. The Hall–Kier alpha value is -1.90. The zero-order valence-corrected chi connectivity index (χ0v) is 18.2. The van der Waals surface area contributed by atoms with Crippen LogP contribution in [0.3, 0.4) is 0 Å². The Kier molecular flexibility index (Phi) is 6.42. The number of hydrogen-bond acceptors (Lipinski definition) is 4. The number of benzene rings is 2. The summed E-state index contributed by atoms with van der Waals surface area (Å²) in [5, 5.41) is 0. The van der Waals surface area contributed by atoms with Crippen LogP contribution in [-0.2, 0) is 21.4 Å². The zero-order chi connectivity index (χ0) is 20.3. The number of methoxy groups -OCH3 is 1. The normalized spacial score (nSPS) is 17.5. The fraction of sp³-hybridized carbons (Fsp3) is 0.350. The molecular formula is C20H23BrN2O4S. The molecule has 150 valence electrons. The topological polar surface area (TPSA) is 66.9 Å². The highest BCUT2D eigenvalue weighted by Crippen LogP contribution is 2.29. The molecule has 0 aromatic heterocycles. The van der Waals surface area contributed by atoms with E-state index in [1.807, 2.05) is 18.2 Å². The maximum absolute atomic E-state index is 13.1. The summed E-state index contributed by atoms with van der Waals surface area (Å²) in [6.45, 7) is 0.679. The maximum Gasteiger partial charge on any atom is 0.243 e. The van der Waals surface area contributed by atoms with Crippen molar-refractivity contribution in [2.45, 2.75) is 30.3 Å². The quantitative estimate of drug-likeness (QED) is 0.654. The van der Waals surface area contributed by atoms with Crippen molar-refractivity contribution >= 4 is 31.9 Å². The molecule has 0 N–H and O–H groups in total. The van der Waals surface area contributed by atoms with Crippen LogP contribution in [0, 0.1) is 0 Å². The molecule has 1 aliphatic heterocycles. The summed E-state index contributed by atoms with van der Waals surface area (Å²) in [5.74, 6) is 0.474. The van der Waals surface area contributed by atoms with Gasteiger partial charge in [0.25, 0.3) is 0 Å². The van der Waals surface area contributed by atoms with Gasteiger partial charge < -0.3 is 9.64 Å². The molecule has 0 aliphatic carbocycles. The molecule has 2 aromatic carbocycles. The van der Waals surface area contributed by atoms with Crippen molar-refractivity contribution in [3.63, 3.8) is 0 Å². The van der Waals surface area contributed by atoms with E-state index in [0.29, 0.717) is 31.7 Å². The monoisotopic (exact) mass is 466 g/mol. The second-order valence-corrected chi connectivity index (χ2v) is 9.54. The Morgan fingerprint density at radius 1 is 1.25 bits per heavy atom. The molecule has 0 bridgehead atoms. The number of carbonyl (C=O) groups excluding carboxylic acids is 1. The molecule has 2 aromatic rings. The number of halogens is 1. The van der Waals surface area contributed by atoms with Gasteiger partial charge >= 0.3 is 0 Å². The molecule has 0 spiro atoms. The minimum atomic E-state index is -3.71. The lowest BCUT2D eigenvalue weighted by Gasteiger charge is -2.28. The van der Waals surface area contributed by atoms with Gasteiger partial charge in [-0.1, -0.05) is 34.1 Å². The Labute approximate surface area is 174 Å². The van der Waals surface area contributed by atoms with Crippen molar-refractivity contribution in [1.29, 1.82) is 0 Å². The first-order chi connectivity index (χ1) is 13.3. The van der Waals surface area contributed by atoms with Gasteiger partial charge in [-0.05, 0) is 43.2 Å². The minimum absolute atomic E-state index is 0.209. The molecule has 0 radical (unpaired) electrons. The third-order valence-corrected chi connectivity index (χ3v) is 7.28. The van der Waals surface area contributed by atoms with E-state index in [2.05, 4.69) is 15.9 Å². The van der Waals surface area contributed by atoms with E-state index in [-0.39, 0.29) is 10.8 Å². The molecule has 1 aliphatic rings. The van der Waals surface area contributed by atoms with Crippen LogP contribution in [0.2, 0.25) is 0 Å². The van der Waals surface area contributed by atoms with Crippen LogP contribution in [0.5, 0.6) is 5.75 Å². The van der Waals surface area contributed by atoms with E-state index >= 15 is 0 Å². The molecule has 28 heavy (non-hydrogen) atoms. The van der Waals surface area contributed by atoms with Crippen molar-refractivity contribution in [2.75, 3.05) is 20.7 Å². The van der Waals surface area contributed by atoms with E-state index in [1.165, 1.54) is 4.31 Å². The van der Waals surface area contributed by atoms with Crippen LogP contribution in [0.25, 0.3) is 0 Å². The lowest BCUT2D eigenvalue weighted by molar-refractivity contribution is -0.133. The molecule has 1 heterocycles. The van der Waals surface area contributed by atoms with E-state index in [9.17, 15) is 13.2 Å².